The number of carbonyl (C=O) groups excluding carboxylic acids is 1. The molecule has 6 heteroatoms. The van der Waals surface area contributed by atoms with Gasteiger partial charge in [0.25, 0.3) is 0 Å². The van der Waals surface area contributed by atoms with Crippen molar-refractivity contribution in [1.82, 2.24) is 10.2 Å². The number of amides is 1. The van der Waals surface area contributed by atoms with Crippen LogP contribution in [-0.2, 0) is 4.79 Å². The Balaban J connectivity index is 2.16. The van der Waals surface area contributed by atoms with E-state index in [0.29, 0.717) is 17.2 Å². The number of hydrogen-bond acceptors (Lipinski definition) is 5. The van der Waals surface area contributed by atoms with Gasteiger partial charge < -0.3 is 15.8 Å². The van der Waals surface area contributed by atoms with E-state index in [2.05, 4.69) is 10.3 Å². The van der Waals surface area contributed by atoms with Crippen molar-refractivity contribution in [3.8, 4) is 0 Å². The molecule has 0 aromatic heterocycles. The Kier molecular flexibility index (Phi) is 3.18. The standard InChI is InChI=1S/C12H16N4O2/c1-7-11(9(17)5-13)14-6-10(15-7)16(2)12(18)8-3-4-8/h5-6,8,13-14,17H,3-4H2,1-2H3/b11-9+,13-5?. The summed E-state index contributed by atoms with van der Waals surface area (Å²) in [5, 5.41) is 19.3. The summed E-state index contributed by atoms with van der Waals surface area (Å²) in [5.74, 6) is 0.551. The number of nitrogens with zero attached hydrogens (tertiary/aromatic N) is 2. The summed E-state index contributed by atoms with van der Waals surface area (Å²) in [6.45, 7) is 1.71. The molecule has 1 saturated carbocycles. The van der Waals surface area contributed by atoms with Gasteiger partial charge in [0, 0.05) is 19.2 Å². The highest BCUT2D eigenvalue weighted by atomic mass is 16.3. The van der Waals surface area contributed by atoms with Gasteiger partial charge in [-0.15, -0.1) is 0 Å². The average Bonchev–Trinajstić information content (AvgIpc) is 3.20. The molecule has 0 atom stereocenters. The number of aliphatic hydroxyl groups excluding tert-OH is 1. The molecule has 1 amide bonds. The third kappa shape index (κ3) is 2.27. The van der Waals surface area contributed by atoms with Gasteiger partial charge in [-0.05, 0) is 19.8 Å². The third-order valence-electron chi connectivity index (χ3n) is 2.98. The molecule has 0 radical (unpaired) electrons. The molecule has 0 bridgehead atoms. The number of allylic oxidation sites excluding steroid dienone is 2. The first kappa shape index (κ1) is 12.3. The maximum Gasteiger partial charge on any atom is 0.231 e. The van der Waals surface area contributed by atoms with Gasteiger partial charge in [-0.3, -0.25) is 9.69 Å². The van der Waals surface area contributed by atoms with Crippen LogP contribution in [0.3, 0.4) is 0 Å². The molecule has 0 spiro atoms. The monoisotopic (exact) mass is 248 g/mol. The predicted molar refractivity (Wildman–Crippen MR) is 68.3 cm³/mol. The first-order valence-electron chi connectivity index (χ1n) is 5.78. The fraction of sp³-hybridized carbons (Fsp3) is 0.417. The Bertz CT molecular complexity index is 486. The molecule has 0 aromatic carbocycles. The van der Waals surface area contributed by atoms with E-state index in [1.54, 1.807) is 20.2 Å². The van der Waals surface area contributed by atoms with Crippen molar-refractivity contribution in [3.63, 3.8) is 0 Å². The number of nitrogens with one attached hydrogen (secondary N) is 2. The van der Waals surface area contributed by atoms with Gasteiger partial charge in [0.2, 0.25) is 5.91 Å². The second-order valence-electron chi connectivity index (χ2n) is 4.42. The second kappa shape index (κ2) is 4.64. The topological polar surface area (TPSA) is 88.8 Å². The van der Waals surface area contributed by atoms with Crippen LogP contribution in [0.1, 0.15) is 19.8 Å². The predicted octanol–water partition coefficient (Wildman–Crippen LogP) is 1.14. The molecule has 3 N–H and O–H groups in total. The molecule has 18 heavy (non-hydrogen) atoms. The van der Waals surface area contributed by atoms with Crippen LogP contribution in [0.25, 0.3) is 0 Å². The molecule has 0 aromatic rings. The summed E-state index contributed by atoms with van der Waals surface area (Å²) >= 11 is 0. The Morgan fingerprint density at radius 3 is 2.83 bits per heavy atom. The van der Waals surface area contributed by atoms with E-state index in [-0.39, 0.29) is 17.6 Å². The summed E-state index contributed by atoms with van der Waals surface area (Å²) in [4.78, 5) is 17.7. The summed E-state index contributed by atoms with van der Waals surface area (Å²) in [5.41, 5.74) is 0.935. The maximum absolute atomic E-state index is 11.9. The van der Waals surface area contributed by atoms with Crippen LogP contribution in [0.5, 0.6) is 0 Å². The van der Waals surface area contributed by atoms with Crippen molar-refractivity contribution in [1.29, 1.82) is 5.41 Å². The summed E-state index contributed by atoms with van der Waals surface area (Å²) in [6, 6.07) is 0. The Hall–Kier alpha value is -2.11. The van der Waals surface area contributed by atoms with Gasteiger partial charge in [0.05, 0.1) is 11.9 Å². The highest BCUT2D eigenvalue weighted by Gasteiger charge is 2.33. The fourth-order valence-corrected chi connectivity index (χ4v) is 1.72. The highest BCUT2D eigenvalue weighted by Crippen LogP contribution is 2.32. The van der Waals surface area contributed by atoms with E-state index in [0.717, 1.165) is 19.1 Å². The normalized spacial score (nSPS) is 21.4. The Labute approximate surface area is 105 Å². The largest absolute Gasteiger partial charge is 0.504 e. The lowest BCUT2D eigenvalue weighted by Crippen LogP contribution is -2.31. The van der Waals surface area contributed by atoms with E-state index in [1.165, 1.54) is 4.90 Å². The van der Waals surface area contributed by atoms with Gasteiger partial charge in [0.15, 0.2) is 11.6 Å². The third-order valence-corrected chi connectivity index (χ3v) is 2.98. The van der Waals surface area contributed by atoms with Crippen LogP contribution in [0, 0.1) is 11.3 Å². The van der Waals surface area contributed by atoms with Crippen LogP contribution < -0.4 is 5.32 Å². The van der Waals surface area contributed by atoms with Gasteiger partial charge >= 0.3 is 0 Å². The number of rotatable bonds is 3. The minimum atomic E-state index is -0.178. The van der Waals surface area contributed by atoms with Crippen molar-refractivity contribution in [3.05, 3.63) is 23.5 Å². The van der Waals surface area contributed by atoms with Crippen LogP contribution in [0.4, 0.5) is 0 Å². The first-order chi connectivity index (χ1) is 8.54. The van der Waals surface area contributed by atoms with E-state index in [4.69, 9.17) is 5.41 Å². The molecule has 1 aliphatic carbocycles. The van der Waals surface area contributed by atoms with Crippen LogP contribution >= 0.6 is 0 Å². The quantitative estimate of drug-likeness (QED) is 0.517. The molecule has 6 nitrogen and oxygen atoms in total. The summed E-state index contributed by atoms with van der Waals surface area (Å²) < 4.78 is 0. The minimum absolute atomic E-state index is 0.0725. The molecule has 0 saturated heterocycles. The minimum Gasteiger partial charge on any atom is -0.504 e. The maximum atomic E-state index is 11.9. The van der Waals surface area contributed by atoms with E-state index in [9.17, 15) is 9.90 Å². The lowest BCUT2D eigenvalue weighted by molar-refractivity contribution is -0.129. The van der Waals surface area contributed by atoms with Crippen molar-refractivity contribution in [2.45, 2.75) is 19.8 Å². The molecule has 2 rings (SSSR count). The van der Waals surface area contributed by atoms with E-state index in [1.807, 2.05) is 0 Å². The van der Waals surface area contributed by atoms with Crippen molar-refractivity contribution >= 4 is 17.8 Å². The average molecular weight is 248 g/mol. The molecule has 1 aliphatic heterocycles. The molecule has 96 valence electrons. The SMILES string of the molecule is CC1=NC(N(C)C(=O)C2CC2)=CN/C1=C(/O)C=N. The smallest absolute Gasteiger partial charge is 0.231 e. The molecule has 0 unspecified atom stereocenters. The fourth-order valence-electron chi connectivity index (χ4n) is 1.72. The summed E-state index contributed by atoms with van der Waals surface area (Å²) in [7, 11) is 1.69. The number of aliphatic imine (C=N–C) groups is 1. The zero-order valence-electron chi connectivity index (χ0n) is 10.4. The zero-order chi connectivity index (χ0) is 13.3. The van der Waals surface area contributed by atoms with Gasteiger partial charge in [-0.1, -0.05) is 0 Å². The lowest BCUT2D eigenvalue weighted by Gasteiger charge is -2.22. The molecule has 1 heterocycles. The van der Waals surface area contributed by atoms with Crippen LogP contribution in [0.15, 0.2) is 28.5 Å². The molecular weight excluding hydrogens is 232 g/mol. The zero-order valence-corrected chi connectivity index (χ0v) is 10.4. The van der Waals surface area contributed by atoms with E-state index < -0.39 is 0 Å². The van der Waals surface area contributed by atoms with Crippen molar-refractivity contribution in [2.75, 3.05) is 7.05 Å². The molecule has 2 aliphatic rings. The molecule has 1 fully saturated rings. The lowest BCUT2D eigenvalue weighted by atomic mass is 10.2. The van der Waals surface area contributed by atoms with Gasteiger partial charge in [0.1, 0.15) is 5.70 Å². The second-order valence-corrected chi connectivity index (χ2v) is 4.42. The number of aliphatic hydroxyl groups is 1. The van der Waals surface area contributed by atoms with E-state index >= 15 is 0 Å². The first-order valence-corrected chi connectivity index (χ1v) is 5.78. The van der Waals surface area contributed by atoms with Crippen molar-refractivity contribution < 1.29 is 9.90 Å². The Morgan fingerprint density at radius 1 is 1.67 bits per heavy atom. The highest BCUT2D eigenvalue weighted by molar-refractivity contribution is 6.03. The number of carbonyl (C=O) groups is 1. The Morgan fingerprint density at radius 2 is 2.33 bits per heavy atom. The molecular formula is C12H16N4O2. The van der Waals surface area contributed by atoms with Crippen LogP contribution in [-0.4, -0.2) is 34.9 Å². The number of hydrogen-bond donors (Lipinski definition) is 3. The van der Waals surface area contributed by atoms with Crippen molar-refractivity contribution in [2.24, 2.45) is 10.9 Å². The summed E-state index contributed by atoms with van der Waals surface area (Å²) in [6.07, 6.45) is 4.31. The van der Waals surface area contributed by atoms with Gasteiger partial charge in [-0.2, -0.15) is 0 Å². The van der Waals surface area contributed by atoms with Crippen LogP contribution in [0.2, 0.25) is 0 Å². The van der Waals surface area contributed by atoms with Gasteiger partial charge in [-0.25, -0.2) is 4.99 Å².